The zero-order valence-electron chi connectivity index (χ0n) is 11.8. The van der Waals surface area contributed by atoms with Crippen LogP contribution in [0.4, 0.5) is 0 Å². The third-order valence-corrected chi connectivity index (χ3v) is 5.83. The van der Waals surface area contributed by atoms with Gasteiger partial charge in [0.05, 0.1) is 4.99 Å². The van der Waals surface area contributed by atoms with E-state index in [1.54, 1.807) is 0 Å². The molecule has 2 N–H and O–H groups in total. The molecular weight excluding hydrogens is 284 g/mol. The smallest absolute Gasteiger partial charge is 0.0870 e. The molecule has 1 fully saturated rings. The molecule has 1 aliphatic heterocycles. The molecule has 4 heteroatoms. The van der Waals surface area contributed by atoms with E-state index in [9.17, 15) is 0 Å². The Morgan fingerprint density at radius 3 is 2.80 bits per heavy atom. The largest absolute Gasteiger partial charge is 0.392 e. The Balaban J connectivity index is 1.71. The van der Waals surface area contributed by atoms with Gasteiger partial charge in [0.25, 0.3) is 0 Å². The summed E-state index contributed by atoms with van der Waals surface area (Å²) in [6.07, 6.45) is 5.33. The van der Waals surface area contributed by atoms with Crippen LogP contribution in [-0.4, -0.2) is 34.8 Å². The molecule has 0 amide bonds. The van der Waals surface area contributed by atoms with Crippen molar-refractivity contribution in [1.82, 2.24) is 4.90 Å². The summed E-state index contributed by atoms with van der Waals surface area (Å²) in [7, 11) is 0. The van der Waals surface area contributed by atoms with Crippen LogP contribution < -0.4 is 5.73 Å². The summed E-state index contributed by atoms with van der Waals surface area (Å²) < 4.78 is 0. The Kier molecular flexibility index (Phi) is 4.64. The van der Waals surface area contributed by atoms with Crippen molar-refractivity contribution in [3.8, 4) is 0 Å². The van der Waals surface area contributed by atoms with Crippen LogP contribution in [0.5, 0.6) is 0 Å². The second kappa shape index (κ2) is 6.46. The number of benzene rings is 1. The van der Waals surface area contributed by atoms with Crippen molar-refractivity contribution in [3.63, 3.8) is 0 Å². The third kappa shape index (κ3) is 3.18. The van der Waals surface area contributed by atoms with Crippen molar-refractivity contribution < 1.29 is 0 Å². The van der Waals surface area contributed by atoms with E-state index in [2.05, 4.69) is 29.2 Å². The summed E-state index contributed by atoms with van der Waals surface area (Å²) in [5.74, 6) is 1.83. The number of fused-ring (bicyclic) bond motifs is 1. The number of hydrogen-bond donors (Lipinski definition) is 1. The van der Waals surface area contributed by atoms with Crippen molar-refractivity contribution in [2.45, 2.75) is 42.5 Å². The van der Waals surface area contributed by atoms with Crippen LogP contribution in [0.3, 0.4) is 0 Å². The van der Waals surface area contributed by atoms with Gasteiger partial charge in [0.15, 0.2) is 0 Å². The van der Waals surface area contributed by atoms with E-state index in [-0.39, 0.29) is 0 Å². The molecule has 0 saturated heterocycles. The van der Waals surface area contributed by atoms with Gasteiger partial charge in [-0.1, -0.05) is 43.3 Å². The van der Waals surface area contributed by atoms with Gasteiger partial charge in [-0.15, -0.1) is 11.8 Å². The number of hydrogen-bond acceptors (Lipinski definition) is 3. The highest BCUT2D eigenvalue weighted by Crippen LogP contribution is 2.40. The lowest BCUT2D eigenvalue weighted by molar-refractivity contribution is 0.218. The molecule has 2 aliphatic rings. The highest BCUT2D eigenvalue weighted by Gasteiger charge is 2.29. The molecule has 0 aromatic heterocycles. The number of thioether (sulfide) groups is 1. The Morgan fingerprint density at radius 1 is 1.30 bits per heavy atom. The Morgan fingerprint density at radius 2 is 2.05 bits per heavy atom. The van der Waals surface area contributed by atoms with Gasteiger partial charge in [-0.3, -0.25) is 4.90 Å². The molecule has 3 rings (SSSR count). The first kappa shape index (κ1) is 14.4. The topological polar surface area (TPSA) is 29.3 Å². The summed E-state index contributed by atoms with van der Waals surface area (Å²) in [5.41, 5.74) is 7.33. The molecule has 1 aromatic rings. The minimum atomic E-state index is 0.631. The lowest BCUT2D eigenvalue weighted by Crippen LogP contribution is -2.41. The molecule has 0 spiro atoms. The van der Waals surface area contributed by atoms with Gasteiger partial charge in [-0.05, 0) is 24.5 Å². The average molecular weight is 307 g/mol. The molecule has 1 saturated carbocycles. The second-order valence-corrected chi connectivity index (χ2v) is 7.47. The molecule has 1 heterocycles. The molecule has 2 nitrogen and oxygen atoms in total. The summed E-state index contributed by atoms with van der Waals surface area (Å²) in [6.45, 7) is 1.88. The van der Waals surface area contributed by atoms with E-state index in [0.29, 0.717) is 16.9 Å². The zero-order chi connectivity index (χ0) is 13.9. The number of thiocarbonyl (C=S) groups is 1. The van der Waals surface area contributed by atoms with Gasteiger partial charge < -0.3 is 5.73 Å². The first-order valence-corrected chi connectivity index (χ1v) is 8.87. The molecule has 0 radical (unpaired) electrons. The average Bonchev–Trinajstić information content (AvgIpc) is 3.07. The molecule has 1 unspecified atom stereocenters. The van der Waals surface area contributed by atoms with Gasteiger partial charge in [-0.25, -0.2) is 0 Å². The van der Waals surface area contributed by atoms with Gasteiger partial charge in [-0.2, -0.15) is 0 Å². The molecule has 1 aliphatic carbocycles. The predicted octanol–water partition coefficient (Wildman–Crippen LogP) is 3.41. The maximum atomic E-state index is 5.81. The SMILES string of the molecule is NC(=S)CN(CC1CSc2ccccc21)C1CCCC1. The van der Waals surface area contributed by atoms with Crippen molar-refractivity contribution in [2.75, 3.05) is 18.8 Å². The fourth-order valence-electron chi connectivity index (χ4n) is 3.48. The van der Waals surface area contributed by atoms with E-state index >= 15 is 0 Å². The van der Waals surface area contributed by atoms with Crippen LogP contribution in [0.25, 0.3) is 0 Å². The molecule has 0 bridgehead atoms. The van der Waals surface area contributed by atoms with Crippen LogP contribution in [-0.2, 0) is 0 Å². The Hall–Kier alpha value is -0.580. The predicted molar refractivity (Wildman–Crippen MR) is 90.5 cm³/mol. The van der Waals surface area contributed by atoms with E-state index in [4.69, 9.17) is 18.0 Å². The van der Waals surface area contributed by atoms with E-state index in [1.165, 1.54) is 41.9 Å². The van der Waals surface area contributed by atoms with Crippen LogP contribution in [0, 0.1) is 0 Å². The first-order valence-electron chi connectivity index (χ1n) is 7.48. The summed E-state index contributed by atoms with van der Waals surface area (Å²) in [5, 5.41) is 0. The van der Waals surface area contributed by atoms with Gasteiger partial charge in [0.2, 0.25) is 0 Å². The normalized spacial score (nSPS) is 22.4. The maximum Gasteiger partial charge on any atom is 0.0870 e. The van der Waals surface area contributed by atoms with Crippen LogP contribution in [0.15, 0.2) is 29.2 Å². The van der Waals surface area contributed by atoms with Crippen LogP contribution >= 0.6 is 24.0 Å². The van der Waals surface area contributed by atoms with E-state index < -0.39 is 0 Å². The van der Waals surface area contributed by atoms with Crippen LogP contribution in [0.1, 0.15) is 37.2 Å². The Bertz CT molecular complexity index is 483. The van der Waals surface area contributed by atoms with Crippen molar-refractivity contribution in [1.29, 1.82) is 0 Å². The van der Waals surface area contributed by atoms with Gasteiger partial charge >= 0.3 is 0 Å². The van der Waals surface area contributed by atoms with Crippen molar-refractivity contribution in [3.05, 3.63) is 29.8 Å². The Labute approximate surface area is 131 Å². The highest BCUT2D eigenvalue weighted by molar-refractivity contribution is 7.99. The quantitative estimate of drug-likeness (QED) is 0.844. The monoisotopic (exact) mass is 306 g/mol. The number of rotatable bonds is 5. The maximum absolute atomic E-state index is 5.81. The lowest BCUT2D eigenvalue weighted by atomic mass is 9.99. The second-order valence-electron chi connectivity index (χ2n) is 5.88. The molecule has 1 aromatic carbocycles. The van der Waals surface area contributed by atoms with E-state index in [0.717, 1.165) is 13.1 Å². The molecular formula is C16H22N2S2. The first-order chi connectivity index (χ1) is 9.74. The molecule has 20 heavy (non-hydrogen) atoms. The minimum Gasteiger partial charge on any atom is -0.392 e. The highest BCUT2D eigenvalue weighted by atomic mass is 32.2. The zero-order valence-corrected chi connectivity index (χ0v) is 13.4. The number of nitrogens with two attached hydrogens (primary N) is 1. The lowest BCUT2D eigenvalue weighted by Gasteiger charge is -2.30. The van der Waals surface area contributed by atoms with Crippen molar-refractivity contribution >= 4 is 29.0 Å². The van der Waals surface area contributed by atoms with Crippen LogP contribution in [0.2, 0.25) is 0 Å². The van der Waals surface area contributed by atoms with Gasteiger partial charge in [0, 0.05) is 35.7 Å². The molecule has 108 valence electrons. The fraction of sp³-hybridized carbons (Fsp3) is 0.562. The minimum absolute atomic E-state index is 0.631. The summed E-state index contributed by atoms with van der Waals surface area (Å²) in [4.78, 5) is 4.64. The van der Waals surface area contributed by atoms with E-state index in [1.807, 2.05) is 11.8 Å². The number of nitrogens with zero attached hydrogens (tertiary/aromatic N) is 1. The standard InChI is InChI=1S/C16H22N2S2/c17-16(19)10-18(13-5-1-2-6-13)9-12-11-20-15-8-4-3-7-14(12)15/h3-4,7-8,12-13H,1-2,5-6,9-11H2,(H2,17,19). The summed E-state index contributed by atoms with van der Waals surface area (Å²) >= 11 is 7.15. The third-order valence-electron chi connectivity index (χ3n) is 4.45. The molecule has 1 atom stereocenters. The summed E-state index contributed by atoms with van der Waals surface area (Å²) in [6, 6.07) is 9.51. The fourth-order valence-corrected chi connectivity index (χ4v) is 4.88. The van der Waals surface area contributed by atoms with Crippen molar-refractivity contribution in [2.24, 2.45) is 5.73 Å². The van der Waals surface area contributed by atoms with Gasteiger partial charge in [0.1, 0.15) is 0 Å².